The standard InChI is InChI=1S/C19H25F3N2O/c1-24-17-6-7-23-10-15(17)14-8-13(25-11-12-4-2-3-5-12)9-16(18(14)24)19(20,21)22/h8-9,12,15,17,23H,2-7,10-11H2,1H3. The third kappa shape index (κ3) is 3.09. The highest BCUT2D eigenvalue weighted by atomic mass is 19.4. The molecule has 0 radical (unpaired) electrons. The van der Waals surface area contributed by atoms with E-state index in [1.165, 1.54) is 18.9 Å². The molecule has 0 bridgehead atoms. The molecule has 1 aromatic rings. The summed E-state index contributed by atoms with van der Waals surface area (Å²) >= 11 is 0. The molecule has 3 aliphatic rings. The monoisotopic (exact) mass is 354 g/mol. The molecule has 3 nitrogen and oxygen atoms in total. The Bertz CT molecular complexity index is 640. The lowest BCUT2D eigenvalue weighted by atomic mass is 9.89. The summed E-state index contributed by atoms with van der Waals surface area (Å²) in [7, 11) is 1.79. The number of hydrogen-bond donors (Lipinski definition) is 1. The zero-order chi connectivity index (χ0) is 17.6. The Morgan fingerprint density at radius 3 is 2.68 bits per heavy atom. The van der Waals surface area contributed by atoms with Gasteiger partial charge in [0.1, 0.15) is 5.75 Å². The molecular formula is C19H25F3N2O. The van der Waals surface area contributed by atoms with Crippen LogP contribution in [0.1, 0.15) is 49.1 Å². The average Bonchev–Trinajstić information content (AvgIpc) is 3.20. The molecule has 4 rings (SSSR count). The highest BCUT2D eigenvalue weighted by molar-refractivity contribution is 5.69. The molecule has 1 N–H and O–H groups in total. The lowest BCUT2D eigenvalue weighted by Crippen LogP contribution is -2.42. The normalized spacial score (nSPS) is 26.6. The summed E-state index contributed by atoms with van der Waals surface area (Å²) in [5.41, 5.74) is 0.582. The second-order valence-electron chi connectivity index (χ2n) is 7.65. The fraction of sp³-hybridized carbons (Fsp3) is 0.684. The first-order chi connectivity index (χ1) is 11.9. The molecular weight excluding hydrogens is 329 g/mol. The molecule has 0 aromatic heterocycles. The minimum atomic E-state index is -4.37. The van der Waals surface area contributed by atoms with Crippen LogP contribution in [-0.2, 0) is 6.18 Å². The fourth-order valence-electron chi connectivity index (χ4n) is 4.79. The van der Waals surface area contributed by atoms with Crippen molar-refractivity contribution in [3.8, 4) is 5.75 Å². The van der Waals surface area contributed by atoms with Gasteiger partial charge in [0, 0.05) is 25.6 Å². The molecule has 0 spiro atoms. The highest BCUT2D eigenvalue weighted by Gasteiger charge is 2.45. The molecule has 2 aliphatic heterocycles. The summed E-state index contributed by atoms with van der Waals surface area (Å²) in [6, 6.07) is 3.20. The van der Waals surface area contributed by atoms with Crippen molar-refractivity contribution in [2.75, 3.05) is 31.6 Å². The minimum Gasteiger partial charge on any atom is -0.493 e. The van der Waals surface area contributed by atoms with E-state index in [-0.39, 0.29) is 12.0 Å². The molecule has 1 saturated carbocycles. The largest absolute Gasteiger partial charge is 0.493 e. The Labute approximate surface area is 146 Å². The minimum absolute atomic E-state index is 0.102. The topological polar surface area (TPSA) is 24.5 Å². The summed E-state index contributed by atoms with van der Waals surface area (Å²) in [5, 5.41) is 3.32. The van der Waals surface area contributed by atoms with E-state index in [9.17, 15) is 13.2 Å². The number of benzene rings is 1. The first kappa shape index (κ1) is 17.0. The second kappa shape index (κ2) is 6.38. The Morgan fingerprint density at radius 2 is 1.96 bits per heavy atom. The average molecular weight is 354 g/mol. The van der Waals surface area contributed by atoms with Crippen molar-refractivity contribution in [2.45, 2.75) is 50.2 Å². The van der Waals surface area contributed by atoms with Gasteiger partial charge in [0.15, 0.2) is 0 Å². The van der Waals surface area contributed by atoms with Crippen LogP contribution in [0.4, 0.5) is 18.9 Å². The number of nitrogens with zero attached hydrogens (tertiary/aromatic N) is 1. The van der Waals surface area contributed by atoms with Gasteiger partial charge in [-0.1, -0.05) is 12.8 Å². The number of likely N-dealkylation sites (N-methyl/N-ethyl adjacent to an activating group) is 1. The second-order valence-corrected chi connectivity index (χ2v) is 7.65. The van der Waals surface area contributed by atoms with E-state index in [1.54, 1.807) is 7.05 Å². The SMILES string of the molecule is CN1c2c(cc(OCC3CCCC3)cc2C(F)(F)F)C2CNCCC21. The van der Waals surface area contributed by atoms with Crippen molar-refractivity contribution in [3.63, 3.8) is 0 Å². The van der Waals surface area contributed by atoms with E-state index >= 15 is 0 Å². The van der Waals surface area contributed by atoms with Crippen molar-refractivity contribution in [2.24, 2.45) is 5.92 Å². The third-order valence-corrected chi connectivity index (χ3v) is 6.07. The molecule has 25 heavy (non-hydrogen) atoms. The molecule has 1 aliphatic carbocycles. The number of alkyl halides is 3. The predicted octanol–water partition coefficient (Wildman–Crippen LogP) is 4.17. The van der Waals surface area contributed by atoms with E-state index in [4.69, 9.17) is 4.74 Å². The molecule has 0 amide bonds. The van der Waals surface area contributed by atoms with E-state index < -0.39 is 11.7 Å². The molecule has 2 fully saturated rings. The van der Waals surface area contributed by atoms with Gasteiger partial charge < -0.3 is 15.0 Å². The van der Waals surface area contributed by atoms with Crippen molar-refractivity contribution in [3.05, 3.63) is 23.3 Å². The summed E-state index contributed by atoms with van der Waals surface area (Å²) in [6.45, 7) is 2.11. The van der Waals surface area contributed by atoms with Gasteiger partial charge in [-0.05, 0) is 49.4 Å². The quantitative estimate of drug-likeness (QED) is 0.882. The van der Waals surface area contributed by atoms with Gasteiger partial charge >= 0.3 is 6.18 Å². The molecule has 1 aromatic carbocycles. The van der Waals surface area contributed by atoms with Gasteiger partial charge in [-0.15, -0.1) is 0 Å². The zero-order valence-electron chi connectivity index (χ0n) is 14.5. The van der Waals surface area contributed by atoms with E-state index in [0.29, 0.717) is 24.0 Å². The maximum atomic E-state index is 13.7. The van der Waals surface area contributed by atoms with Crippen LogP contribution >= 0.6 is 0 Å². The Balaban J connectivity index is 1.68. The van der Waals surface area contributed by atoms with Crippen LogP contribution in [0.25, 0.3) is 0 Å². The lowest BCUT2D eigenvalue weighted by Gasteiger charge is -2.31. The molecule has 1 saturated heterocycles. The summed E-state index contributed by atoms with van der Waals surface area (Å²) in [4.78, 5) is 1.84. The van der Waals surface area contributed by atoms with Gasteiger partial charge in [-0.3, -0.25) is 0 Å². The fourth-order valence-corrected chi connectivity index (χ4v) is 4.79. The van der Waals surface area contributed by atoms with E-state index in [0.717, 1.165) is 37.9 Å². The number of piperidine rings is 1. The number of rotatable bonds is 3. The molecule has 6 heteroatoms. The number of ether oxygens (including phenoxy) is 1. The van der Waals surface area contributed by atoms with Crippen LogP contribution < -0.4 is 15.0 Å². The first-order valence-corrected chi connectivity index (χ1v) is 9.26. The Hall–Kier alpha value is -1.43. The molecule has 2 unspecified atom stereocenters. The van der Waals surface area contributed by atoms with Crippen molar-refractivity contribution < 1.29 is 17.9 Å². The molecule has 2 atom stereocenters. The Kier molecular flexibility index (Phi) is 4.34. The highest BCUT2D eigenvalue weighted by Crippen LogP contribution is 2.50. The van der Waals surface area contributed by atoms with Gasteiger partial charge in [0.25, 0.3) is 0 Å². The summed E-state index contributed by atoms with van der Waals surface area (Å²) < 4.78 is 47.0. The Morgan fingerprint density at radius 1 is 1.20 bits per heavy atom. The van der Waals surface area contributed by atoms with Crippen LogP contribution in [-0.4, -0.2) is 32.8 Å². The summed E-state index contributed by atoms with van der Waals surface area (Å²) in [5.74, 6) is 0.955. The van der Waals surface area contributed by atoms with Crippen LogP contribution in [0.3, 0.4) is 0 Å². The van der Waals surface area contributed by atoms with Crippen LogP contribution in [0.15, 0.2) is 12.1 Å². The van der Waals surface area contributed by atoms with Crippen LogP contribution in [0.5, 0.6) is 5.75 Å². The first-order valence-electron chi connectivity index (χ1n) is 9.26. The zero-order valence-corrected chi connectivity index (χ0v) is 14.5. The van der Waals surface area contributed by atoms with Crippen LogP contribution in [0, 0.1) is 5.92 Å². The third-order valence-electron chi connectivity index (χ3n) is 6.07. The van der Waals surface area contributed by atoms with Crippen molar-refractivity contribution >= 4 is 5.69 Å². The number of anilines is 1. The van der Waals surface area contributed by atoms with Gasteiger partial charge in [-0.25, -0.2) is 0 Å². The van der Waals surface area contributed by atoms with Crippen molar-refractivity contribution in [1.82, 2.24) is 5.32 Å². The summed E-state index contributed by atoms with van der Waals surface area (Å²) in [6.07, 6.45) is 1.14. The number of nitrogens with one attached hydrogen (secondary N) is 1. The number of halogens is 3. The van der Waals surface area contributed by atoms with E-state index in [1.807, 2.05) is 11.0 Å². The molecule has 2 heterocycles. The van der Waals surface area contributed by atoms with Gasteiger partial charge in [0.05, 0.1) is 17.9 Å². The lowest BCUT2D eigenvalue weighted by molar-refractivity contribution is -0.137. The smallest absolute Gasteiger partial charge is 0.418 e. The number of hydrogen-bond acceptors (Lipinski definition) is 3. The van der Waals surface area contributed by atoms with E-state index in [2.05, 4.69) is 5.32 Å². The number of fused-ring (bicyclic) bond motifs is 3. The van der Waals surface area contributed by atoms with Crippen molar-refractivity contribution in [1.29, 1.82) is 0 Å². The van der Waals surface area contributed by atoms with Gasteiger partial charge in [0.2, 0.25) is 0 Å². The molecule has 138 valence electrons. The van der Waals surface area contributed by atoms with Gasteiger partial charge in [-0.2, -0.15) is 13.2 Å². The van der Waals surface area contributed by atoms with Crippen LogP contribution in [0.2, 0.25) is 0 Å². The maximum Gasteiger partial charge on any atom is 0.418 e. The maximum absolute atomic E-state index is 13.7. The predicted molar refractivity (Wildman–Crippen MR) is 91.3 cm³/mol.